The van der Waals surface area contributed by atoms with E-state index in [9.17, 15) is 19.2 Å². The number of ketones is 2. The Morgan fingerprint density at radius 1 is 1.20 bits per heavy atom. The molecule has 1 aromatic rings. The van der Waals surface area contributed by atoms with E-state index in [1.54, 1.807) is 25.1 Å². The lowest BCUT2D eigenvalue weighted by Gasteiger charge is -2.19. The highest BCUT2D eigenvalue weighted by molar-refractivity contribution is 9.12. The van der Waals surface area contributed by atoms with Crippen LogP contribution in [0.3, 0.4) is 0 Å². The number of anilines is 1. The Morgan fingerprint density at radius 2 is 2.00 bits per heavy atom. The number of unbranched alkanes of at least 4 members (excludes halogenated alkanes) is 1. The molecule has 2 heterocycles. The van der Waals surface area contributed by atoms with Crippen molar-refractivity contribution >= 4 is 56.9 Å². The van der Waals surface area contributed by atoms with Gasteiger partial charge in [0.15, 0.2) is 5.78 Å². The first kappa shape index (κ1) is 21.1. The number of carbonyl (C=O) groups is 4. The maximum Gasteiger partial charge on any atom is 0.315 e. The van der Waals surface area contributed by atoms with Crippen molar-refractivity contribution in [3.8, 4) is 0 Å². The summed E-state index contributed by atoms with van der Waals surface area (Å²) in [4.78, 5) is 49.0. The van der Waals surface area contributed by atoms with Crippen molar-refractivity contribution in [2.45, 2.75) is 49.9 Å². The fourth-order valence-corrected chi connectivity index (χ4v) is 6.09. The first-order valence-corrected chi connectivity index (χ1v) is 11.8. The van der Waals surface area contributed by atoms with Crippen LogP contribution in [-0.4, -0.2) is 46.6 Å². The summed E-state index contributed by atoms with van der Waals surface area (Å²) in [6.45, 7) is 1.60. The van der Waals surface area contributed by atoms with E-state index in [-0.39, 0.29) is 45.6 Å². The maximum atomic E-state index is 12.7. The van der Waals surface area contributed by atoms with Crippen molar-refractivity contribution in [2.24, 2.45) is 0 Å². The van der Waals surface area contributed by atoms with E-state index in [0.29, 0.717) is 34.9 Å². The van der Waals surface area contributed by atoms with Gasteiger partial charge in [-0.2, -0.15) is 11.8 Å². The topological polar surface area (TPSA) is 104 Å². The van der Waals surface area contributed by atoms with Crippen LogP contribution in [-0.2, 0) is 4.79 Å². The molecule has 1 aromatic carbocycles. The first-order chi connectivity index (χ1) is 14.4. The number of Topliss-reactive ketones (excluding diaryl/α,β-unsaturated/α-hetero) is 2. The minimum Gasteiger partial charge on any atom is -0.332 e. The molecule has 1 aliphatic carbocycles. The number of urea groups is 1. The summed E-state index contributed by atoms with van der Waals surface area (Å²) in [5.74, 6) is 0.235. The number of rotatable bonds is 6. The molecule has 0 spiro atoms. The van der Waals surface area contributed by atoms with Crippen LogP contribution in [0.5, 0.6) is 0 Å². The van der Waals surface area contributed by atoms with Gasteiger partial charge in [0.2, 0.25) is 11.7 Å². The average molecular weight is 492 g/mol. The fourth-order valence-electron chi connectivity index (χ4n) is 4.15. The zero-order valence-electron chi connectivity index (χ0n) is 16.4. The molecule has 2 aliphatic heterocycles. The van der Waals surface area contributed by atoms with E-state index in [0.717, 1.165) is 18.6 Å². The number of thioether (sulfide) groups is 1. The van der Waals surface area contributed by atoms with Crippen LogP contribution in [0.1, 0.15) is 53.3 Å². The Balaban J connectivity index is 1.31. The zero-order chi connectivity index (χ0) is 21.4. The van der Waals surface area contributed by atoms with Gasteiger partial charge in [-0.15, -0.1) is 0 Å². The number of hydrogen-bond donors (Lipinski definition) is 3. The van der Waals surface area contributed by atoms with Gasteiger partial charge in [0.1, 0.15) is 0 Å². The van der Waals surface area contributed by atoms with Crippen molar-refractivity contribution in [1.82, 2.24) is 10.6 Å². The standard InChI is InChI=1S/C21H22BrN3O4S/c1-10-17(22)20(28)11-5-4-6-12(16(11)19(10)27)23-15(26)8-3-2-7-14-18-13(9-30-14)24-21(29)25-18/h4-6,13-14,18H,2-3,7-9H2,1H3,(H,23,26)(H2,24,25,29)/t13-,14-,18-/m0/s1. The predicted molar refractivity (Wildman–Crippen MR) is 119 cm³/mol. The summed E-state index contributed by atoms with van der Waals surface area (Å²) in [5.41, 5.74) is 1.28. The van der Waals surface area contributed by atoms with Gasteiger partial charge in [-0.1, -0.05) is 18.6 Å². The SMILES string of the molecule is CC1=C(Br)C(=O)c2cccc(NC(=O)CCCC[C@@H]3SC[C@@H]4NC(=O)N[C@@H]43)c2C1=O. The zero-order valence-corrected chi connectivity index (χ0v) is 18.8. The van der Waals surface area contributed by atoms with Crippen LogP contribution in [0.4, 0.5) is 10.5 Å². The predicted octanol–water partition coefficient (Wildman–Crippen LogP) is 3.40. The van der Waals surface area contributed by atoms with E-state index in [4.69, 9.17) is 0 Å². The number of allylic oxidation sites excluding steroid dienone is 2. The molecule has 3 aliphatic rings. The third-order valence-corrected chi connectivity index (χ3v) is 8.22. The Hall–Kier alpha value is -2.13. The molecule has 0 saturated carbocycles. The summed E-state index contributed by atoms with van der Waals surface area (Å²) in [5, 5.41) is 9.08. The third kappa shape index (κ3) is 3.92. The van der Waals surface area contributed by atoms with Crippen LogP contribution < -0.4 is 16.0 Å². The Kier molecular flexibility index (Phi) is 6.02. The van der Waals surface area contributed by atoms with Gasteiger partial charge < -0.3 is 16.0 Å². The average Bonchev–Trinajstić information content (AvgIpc) is 3.27. The highest BCUT2D eigenvalue weighted by Gasteiger charge is 2.42. The molecule has 0 bridgehead atoms. The second-order valence-corrected chi connectivity index (χ2v) is 9.81. The molecule has 9 heteroatoms. The van der Waals surface area contributed by atoms with E-state index < -0.39 is 0 Å². The van der Waals surface area contributed by atoms with Crippen LogP contribution in [0.25, 0.3) is 0 Å². The molecular formula is C21H22BrN3O4S. The molecule has 0 radical (unpaired) electrons. The van der Waals surface area contributed by atoms with Gasteiger partial charge in [-0.05, 0) is 41.8 Å². The number of halogens is 1. The number of carbonyl (C=O) groups excluding carboxylic acids is 4. The second-order valence-electron chi connectivity index (χ2n) is 7.74. The normalized spacial score (nSPS) is 25.0. The van der Waals surface area contributed by atoms with Crippen molar-refractivity contribution in [3.63, 3.8) is 0 Å². The van der Waals surface area contributed by atoms with Crippen LogP contribution >= 0.6 is 27.7 Å². The molecule has 158 valence electrons. The Bertz CT molecular complexity index is 977. The monoisotopic (exact) mass is 491 g/mol. The van der Waals surface area contributed by atoms with Crippen molar-refractivity contribution in [1.29, 1.82) is 0 Å². The van der Waals surface area contributed by atoms with Gasteiger partial charge in [-0.3, -0.25) is 14.4 Å². The van der Waals surface area contributed by atoms with Crippen LogP contribution in [0.15, 0.2) is 28.3 Å². The lowest BCUT2D eigenvalue weighted by molar-refractivity contribution is -0.116. The molecule has 3 N–H and O–H groups in total. The third-order valence-electron chi connectivity index (χ3n) is 5.76. The molecule has 2 saturated heterocycles. The van der Waals surface area contributed by atoms with Gasteiger partial charge in [0.05, 0.1) is 27.8 Å². The highest BCUT2D eigenvalue weighted by atomic mass is 79.9. The first-order valence-electron chi connectivity index (χ1n) is 9.94. The lowest BCUT2D eigenvalue weighted by Crippen LogP contribution is -2.36. The number of benzene rings is 1. The molecule has 2 fully saturated rings. The molecule has 3 atom stereocenters. The number of hydrogen-bond acceptors (Lipinski definition) is 5. The summed E-state index contributed by atoms with van der Waals surface area (Å²) in [6, 6.07) is 5.20. The second kappa shape index (κ2) is 8.55. The quantitative estimate of drug-likeness (QED) is 0.417. The molecule has 0 unspecified atom stereocenters. The summed E-state index contributed by atoms with van der Waals surface area (Å²) < 4.78 is 0.268. The van der Waals surface area contributed by atoms with E-state index in [1.807, 2.05) is 11.8 Å². The van der Waals surface area contributed by atoms with Crippen LogP contribution in [0.2, 0.25) is 0 Å². The van der Waals surface area contributed by atoms with Crippen molar-refractivity contribution in [3.05, 3.63) is 39.4 Å². The Morgan fingerprint density at radius 3 is 2.80 bits per heavy atom. The fraction of sp³-hybridized carbons (Fsp3) is 0.429. The summed E-state index contributed by atoms with van der Waals surface area (Å²) in [7, 11) is 0. The highest BCUT2D eigenvalue weighted by Crippen LogP contribution is 2.34. The van der Waals surface area contributed by atoms with E-state index in [1.165, 1.54) is 0 Å². The van der Waals surface area contributed by atoms with E-state index in [2.05, 4.69) is 31.9 Å². The summed E-state index contributed by atoms with van der Waals surface area (Å²) >= 11 is 5.05. The Labute approximate surface area is 186 Å². The number of fused-ring (bicyclic) bond motifs is 2. The van der Waals surface area contributed by atoms with Crippen molar-refractivity contribution < 1.29 is 19.2 Å². The number of amides is 3. The van der Waals surface area contributed by atoms with Crippen molar-refractivity contribution in [2.75, 3.05) is 11.1 Å². The minimum absolute atomic E-state index is 0.0917. The molecule has 0 aromatic heterocycles. The van der Waals surface area contributed by atoms with Crippen LogP contribution in [0, 0.1) is 0 Å². The molecular weight excluding hydrogens is 470 g/mol. The van der Waals surface area contributed by atoms with Gasteiger partial charge in [-0.25, -0.2) is 4.79 Å². The minimum atomic E-state index is -0.257. The smallest absolute Gasteiger partial charge is 0.315 e. The lowest BCUT2D eigenvalue weighted by atomic mass is 9.89. The van der Waals surface area contributed by atoms with Gasteiger partial charge in [0, 0.05) is 28.6 Å². The van der Waals surface area contributed by atoms with Gasteiger partial charge >= 0.3 is 6.03 Å². The molecule has 7 nitrogen and oxygen atoms in total. The summed E-state index contributed by atoms with van der Waals surface area (Å²) in [6.07, 6.45) is 2.87. The largest absolute Gasteiger partial charge is 0.332 e. The van der Waals surface area contributed by atoms with Gasteiger partial charge in [0.25, 0.3) is 0 Å². The molecule has 3 amide bonds. The van der Waals surface area contributed by atoms with E-state index >= 15 is 0 Å². The molecule has 30 heavy (non-hydrogen) atoms. The number of nitrogens with one attached hydrogen (secondary N) is 3. The molecule has 4 rings (SSSR count). The maximum absolute atomic E-state index is 12.7.